The third kappa shape index (κ3) is 3.01. The molecule has 104 valence electrons. The lowest BCUT2D eigenvalue weighted by Gasteiger charge is -2.14. The zero-order chi connectivity index (χ0) is 14.0. The molecule has 0 aromatic carbocycles. The van der Waals surface area contributed by atoms with Crippen LogP contribution in [0.1, 0.15) is 56.6 Å². The van der Waals surface area contributed by atoms with E-state index in [4.69, 9.17) is 0 Å². The average Bonchev–Trinajstić information content (AvgIpc) is 2.96. The van der Waals surface area contributed by atoms with Crippen molar-refractivity contribution >= 4 is 11.3 Å². The maximum atomic E-state index is 10.4. The van der Waals surface area contributed by atoms with Crippen LogP contribution in [-0.4, -0.2) is 25.1 Å². The number of aliphatic hydroxyl groups excluding tert-OH is 1. The van der Waals surface area contributed by atoms with Crippen molar-refractivity contribution in [2.75, 3.05) is 0 Å². The van der Waals surface area contributed by atoms with Gasteiger partial charge in [-0.3, -0.25) is 0 Å². The minimum atomic E-state index is -0.756. The highest BCUT2D eigenvalue weighted by atomic mass is 32.1. The van der Waals surface area contributed by atoms with E-state index in [1.54, 1.807) is 22.2 Å². The van der Waals surface area contributed by atoms with Gasteiger partial charge in [0.15, 0.2) is 0 Å². The molecule has 5 nitrogen and oxygen atoms in total. The molecule has 0 fully saturated rings. The summed E-state index contributed by atoms with van der Waals surface area (Å²) in [6.45, 7) is 9.17. The summed E-state index contributed by atoms with van der Waals surface area (Å²) in [7, 11) is 0. The van der Waals surface area contributed by atoms with Gasteiger partial charge in [-0.1, -0.05) is 32.9 Å². The predicted octanol–water partition coefficient (Wildman–Crippen LogP) is 2.52. The molecular weight excluding hydrogens is 260 g/mol. The molecule has 0 bridgehead atoms. The Hall–Kier alpha value is -1.27. The maximum Gasteiger partial charge on any atom is 0.140 e. The molecule has 19 heavy (non-hydrogen) atoms. The molecule has 0 spiro atoms. The summed E-state index contributed by atoms with van der Waals surface area (Å²) in [6.07, 6.45) is 1.80. The Bertz CT molecular complexity index is 541. The highest BCUT2D eigenvalue weighted by molar-refractivity contribution is 7.09. The third-order valence-corrected chi connectivity index (χ3v) is 4.09. The maximum absolute atomic E-state index is 10.4. The average molecular weight is 280 g/mol. The second-order valence-corrected chi connectivity index (χ2v) is 6.47. The standard InChI is InChI=1S/C13H20N4OS/c1-5-6-17-10(7-14-16-17)11(18)9-8-19-12(15-9)13(2,3)4/h7-8,11,18H,5-6H2,1-4H3. The quantitative estimate of drug-likeness (QED) is 0.934. The number of aliphatic hydroxyl groups is 1. The Kier molecular flexibility index (Phi) is 4.01. The van der Waals surface area contributed by atoms with Crippen molar-refractivity contribution in [2.45, 2.75) is 52.2 Å². The van der Waals surface area contributed by atoms with Crippen LogP contribution in [0.5, 0.6) is 0 Å². The first-order valence-electron chi connectivity index (χ1n) is 6.46. The van der Waals surface area contributed by atoms with Crippen LogP contribution in [-0.2, 0) is 12.0 Å². The van der Waals surface area contributed by atoms with Gasteiger partial charge in [-0.2, -0.15) is 0 Å². The van der Waals surface area contributed by atoms with Crippen molar-refractivity contribution in [3.8, 4) is 0 Å². The molecule has 0 aliphatic carbocycles. The first kappa shape index (κ1) is 14.1. The molecule has 0 amide bonds. The lowest BCUT2D eigenvalue weighted by Crippen LogP contribution is -2.13. The van der Waals surface area contributed by atoms with E-state index in [0.29, 0.717) is 11.4 Å². The van der Waals surface area contributed by atoms with E-state index in [-0.39, 0.29) is 5.41 Å². The Morgan fingerprint density at radius 2 is 2.16 bits per heavy atom. The second-order valence-electron chi connectivity index (χ2n) is 5.61. The number of aromatic nitrogens is 4. The summed E-state index contributed by atoms with van der Waals surface area (Å²) in [4.78, 5) is 4.54. The van der Waals surface area contributed by atoms with Crippen LogP contribution >= 0.6 is 11.3 Å². The van der Waals surface area contributed by atoms with Gasteiger partial charge in [0.1, 0.15) is 6.10 Å². The Morgan fingerprint density at radius 3 is 2.74 bits per heavy atom. The smallest absolute Gasteiger partial charge is 0.140 e. The minimum Gasteiger partial charge on any atom is -0.380 e. The Labute approximate surface area is 117 Å². The van der Waals surface area contributed by atoms with Crippen molar-refractivity contribution in [3.63, 3.8) is 0 Å². The van der Waals surface area contributed by atoms with Gasteiger partial charge in [-0.25, -0.2) is 9.67 Å². The van der Waals surface area contributed by atoms with Gasteiger partial charge in [-0.15, -0.1) is 16.4 Å². The molecule has 0 radical (unpaired) electrons. The van der Waals surface area contributed by atoms with Crippen LogP contribution in [0, 0.1) is 0 Å². The Morgan fingerprint density at radius 1 is 1.42 bits per heavy atom. The fourth-order valence-corrected chi connectivity index (χ4v) is 2.70. The lowest BCUT2D eigenvalue weighted by molar-refractivity contribution is 0.203. The summed E-state index contributed by atoms with van der Waals surface area (Å²) in [5, 5.41) is 21.2. The van der Waals surface area contributed by atoms with Crippen LogP contribution < -0.4 is 0 Å². The molecule has 1 atom stereocenters. The number of aryl methyl sites for hydroxylation is 1. The van der Waals surface area contributed by atoms with Crippen molar-refractivity contribution < 1.29 is 5.11 Å². The number of hydrogen-bond donors (Lipinski definition) is 1. The van der Waals surface area contributed by atoms with Gasteiger partial charge in [0.2, 0.25) is 0 Å². The molecule has 0 aliphatic heterocycles. The number of nitrogens with zero attached hydrogens (tertiary/aromatic N) is 4. The van der Waals surface area contributed by atoms with E-state index in [1.807, 2.05) is 5.38 Å². The minimum absolute atomic E-state index is 0.00451. The number of hydrogen-bond acceptors (Lipinski definition) is 5. The summed E-state index contributed by atoms with van der Waals surface area (Å²) in [5.74, 6) is 0. The van der Waals surface area contributed by atoms with Gasteiger partial charge >= 0.3 is 0 Å². The topological polar surface area (TPSA) is 63.8 Å². The SMILES string of the molecule is CCCn1nncc1C(O)c1csc(C(C)(C)C)n1. The molecule has 0 saturated heterocycles. The van der Waals surface area contributed by atoms with Gasteiger partial charge < -0.3 is 5.11 Å². The predicted molar refractivity (Wildman–Crippen MR) is 75.2 cm³/mol. The molecular formula is C13H20N4OS. The van der Waals surface area contributed by atoms with Gasteiger partial charge in [0.05, 0.1) is 22.6 Å². The normalized spacial score (nSPS) is 13.7. The van der Waals surface area contributed by atoms with Crippen LogP contribution in [0.25, 0.3) is 0 Å². The lowest BCUT2D eigenvalue weighted by atomic mass is 9.98. The molecule has 1 N–H and O–H groups in total. The van der Waals surface area contributed by atoms with Crippen molar-refractivity contribution in [1.82, 2.24) is 20.0 Å². The molecule has 2 aromatic heterocycles. The summed E-state index contributed by atoms with van der Waals surface area (Å²) < 4.78 is 1.74. The van der Waals surface area contributed by atoms with E-state index in [9.17, 15) is 5.11 Å². The summed E-state index contributed by atoms with van der Waals surface area (Å²) >= 11 is 1.58. The first-order valence-corrected chi connectivity index (χ1v) is 7.33. The fourth-order valence-electron chi connectivity index (χ4n) is 1.77. The molecule has 2 heterocycles. The highest BCUT2D eigenvalue weighted by Crippen LogP contribution is 2.29. The van der Waals surface area contributed by atoms with Crippen LogP contribution in [0.4, 0.5) is 0 Å². The zero-order valence-corrected chi connectivity index (χ0v) is 12.6. The van der Waals surface area contributed by atoms with Gasteiger partial charge in [0.25, 0.3) is 0 Å². The van der Waals surface area contributed by atoms with E-state index in [0.717, 1.165) is 18.0 Å². The first-order chi connectivity index (χ1) is 8.93. The second kappa shape index (κ2) is 5.38. The summed E-state index contributed by atoms with van der Waals surface area (Å²) in [6, 6.07) is 0. The fraction of sp³-hybridized carbons (Fsp3) is 0.615. The number of thiazole rings is 1. The van der Waals surface area contributed by atoms with E-state index >= 15 is 0 Å². The van der Waals surface area contributed by atoms with Crippen LogP contribution in [0.15, 0.2) is 11.6 Å². The zero-order valence-electron chi connectivity index (χ0n) is 11.8. The third-order valence-electron chi connectivity index (χ3n) is 2.81. The highest BCUT2D eigenvalue weighted by Gasteiger charge is 2.23. The van der Waals surface area contributed by atoms with Crippen molar-refractivity contribution in [2.24, 2.45) is 0 Å². The van der Waals surface area contributed by atoms with Gasteiger partial charge in [-0.05, 0) is 6.42 Å². The largest absolute Gasteiger partial charge is 0.380 e. The number of rotatable bonds is 4. The van der Waals surface area contributed by atoms with E-state index in [1.165, 1.54) is 0 Å². The molecule has 1 unspecified atom stereocenters. The molecule has 2 aromatic rings. The van der Waals surface area contributed by atoms with E-state index in [2.05, 4.69) is 43.0 Å². The molecule has 2 rings (SSSR count). The Balaban J connectivity index is 2.26. The van der Waals surface area contributed by atoms with E-state index < -0.39 is 6.10 Å². The van der Waals surface area contributed by atoms with Crippen LogP contribution in [0.2, 0.25) is 0 Å². The van der Waals surface area contributed by atoms with Gasteiger partial charge in [0, 0.05) is 17.3 Å². The van der Waals surface area contributed by atoms with Crippen molar-refractivity contribution in [3.05, 3.63) is 28.0 Å². The monoisotopic (exact) mass is 280 g/mol. The van der Waals surface area contributed by atoms with Crippen molar-refractivity contribution in [1.29, 1.82) is 0 Å². The molecule has 0 saturated carbocycles. The molecule has 0 aliphatic rings. The molecule has 6 heteroatoms. The summed E-state index contributed by atoms with van der Waals surface area (Å²) in [5.41, 5.74) is 1.38. The van der Waals surface area contributed by atoms with Crippen LogP contribution in [0.3, 0.4) is 0 Å².